The maximum absolute atomic E-state index is 12.8. The van der Waals surface area contributed by atoms with Crippen LogP contribution in [0.1, 0.15) is 25.8 Å². The number of nitrogens with two attached hydrogens (primary N) is 1. The number of rotatable bonds is 7. The van der Waals surface area contributed by atoms with Crippen LogP contribution in [0.3, 0.4) is 0 Å². The van der Waals surface area contributed by atoms with Crippen LogP contribution in [0.15, 0.2) is 42.6 Å². The van der Waals surface area contributed by atoms with E-state index in [1.165, 1.54) is 24.3 Å². The fraction of sp³-hybridized carbons (Fsp3) is 0.333. The summed E-state index contributed by atoms with van der Waals surface area (Å²) >= 11 is 0. The van der Waals surface area contributed by atoms with Crippen LogP contribution in [0.4, 0.5) is 4.39 Å². The topological polar surface area (TPSA) is 77.2 Å². The second-order valence-electron chi connectivity index (χ2n) is 5.69. The van der Waals surface area contributed by atoms with E-state index in [9.17, 15) is 9.18 Å². The first-order chi connectivity index (χ1) is 11.5. The van der Waals surface area contributed by atoms with Gasteiger partial charge in [-0.05, 0) is 35.7 Å². The summed E-state index contributed by atoms with van der Waals surface area (Å²) in [6.45, 7) is 4.31. The number of ether oxygens (including phenoxy) is 1. The van der Waals surface area contributed by atoms with Gasteiger partial charge in [0.25, 0.3) is 0 Å². The van der Waals surface area contributed by atoms with Crippen molar-refractivity contribution in [3.8, 4) is 11.6 Å². The Morgan fingerprint density at radius 2 is 1.96 bits per heavy atom. The Labute approximate surface area is 153 Å². The van der Waals surface area contributed by atoms with Gasteiger partial charge in [0.05, 0.1) is 6.04 Å². The lowest BCUT2D eigenvalue weighted by atomic mass is 9.99. The molecule has 0 saturated heterocycles. The molecule has 1 aromatic carbocycles. The van der Waals surface area contributed by atoms with Gasteiger partial charge < -0.3 is 15.8 Å². The first-order valence-corrected chi connectivity index (χ1v) is 7.91. The van der Waals surface area contributed by atoms with Gasteiger partial charge in [-0.25, -0.2) is 9.37 Å². The third-order valence-corrected chi connectivity index (χ3v) is 3.86. The molecule has 2 unspecified atom stereocenters. The summed E-state index contributed by atoms with van der Waals surface area (Å²) in [6, 6.07) is 8.69. The quantitative estimate of drug-likeness (QED) is 0.786. The molecule has 3 N–H and O–H groups in total. The van der Waals surface area contributed by atoms with Gasteiger partial charge >= 0.3 is 0 Å². The minimum absolute atomic E-state index is 0. The number of hydrogen-bond donors (Lipinski definition) is 2. The molecule has 0 aliphatic carbocycles. The van der Waals surface area contributed by atoms with Crippen molar-refractivity contribution in [1.29, 1.82) is 0 Å². The molecule has 0 aliphatic rings. The summed E-state index contributed by atoms with van der Waals surface area (Å²) < 4.78 is 18.4. The van der Waals surface area contributed by atoms with Gasteiger partial charge in [-0.15, -0.1) is 12.4 Å². The van der Waals surface area contributed by atoms with Crippen molar-refractivity contribution in [2.45, 2.75) is 32.9 Å². The van der Waals surface area contributed by atoms with E-state index in [1.807, 2.05) is 13.8 Å². The van der Waals surface area contributed by atoms with E-state index in [-0.39, 0.29) is 30.0 Å². The molecule has 0 spiro atoms. The molecule has 2 aromatic rings. The molecule has 0 saturated carbocycles. The highest BCUT2D eigenvalue weighted by atomic mass is 35.5. The number of carbonyl (C=O) groups is 1. The van der Waals surface area contributed by atoms with Crippen LogP contribution in [0.2, 0.25) is 0 Å². The molecule has 25 heavy (non-hydrogen) atoms. The number of hydrogen-bond acceptors (Lipinski definition) is 4. The van der Waals surface area contributed by atoms with Gasteiger partial charge in [-0.3, -0.25) is 4.79 Å². The van der Waals surface area contributed by atoms with Gasteiger partial charge in [0.1, 0.15) is 11.6 Å². The maximum atomic E-state index is 12.8. The minimum atomic E-state index is -0.510. The van der Waals surface area contributed by atoms with E-state index in [1.54, 1.807) is 18.3 Å². The fourth-order valence-corrected chi connectivity index (χ4v) is 2.02. The van der Waals surface area contributed by atoms with Gasteiger partial charge in [0.2, 0.25) is 11.8 Å². The molecule has 1 heterocycles. The van der Waals surface area contributed by atoms with Gasteiger partial charge in [-0.1, -0.05) is 26.3 Å². The number of halogens is 2. The molecule has 136 valence electrons. The average Bonchev–Trinajstić information content (AvgIpc) is 2.61. The van der Waals surface area contributed by atoms with E-state index >= 15 is 0 Å². The van der Waals surface area contributed by atoms with Gasteiger partial charge in [-0.2, -0.15) is 0 Å². The third-order valence-electron chi connectivity index (χ3n) is 3.86. The molecule has 0 aliphatic heterocycles. The Bertz CT molecular complexity index is 665. The van der Waals surface area contributed by atoms with Crippen molar-refractivity contribution in [1.82, 2.24) is 10.3 Å². The molecule has 5 nitrogen and oxygen atoms in total. The summed E-state index contributed by atoms with van der Waals surface area (Å²) in [6.07, 6.45) is 2.47. The van der Waals surface area contributed by atoms with Crippen LogP contribution in [0, 0.1) is 11.7 Å². The lowest BCUT2D eigenvalue weighted by Crippen LogP contribution is -2.44. The maximum Gasteiger partial charge on any atom is 0.237 e. The molecule has 1 aromatic heterocycles. The largest absolute Gasteiger partial charge is 0.439 e. The highest BCUT2D eigenvalue weighted by Crippen LogP contribution is 2.19. The Hall–Kier alpha value is -2.18. The Kier molecular flexibility index (Phi) is 8.31. The number of nitrogens with zero attached hydrogens (tertiary/aromatic N) is 1. The second-order valence-corrected chi connectivity index (χ2v) is 5.69. The van der Waals surface area contributed by atoms with Crippen molar-refractivity contribution in [3.05, 3.63) is 54.0 Å². The van der Waals surface area contributed by atoms with E-state index in [0.717, 1.165) is 12.0 Å². The second kappa shape index (κ2) is 9.96. The van der Waals surface area contributed by atoms with Crippen molar-refractivity contribution in [2.75, 3.05) is 0 Å². The van der Waals surface area contributed by atoms with Gasteiger partial charge in [0, 0.05) is 18.8 Å². The van der Waals surface area contributed by atoms with Crippen LogP contribution in [0.25, 0.3) is 0 Å². The molecule has 0 bridgehead atoms. The molecular formula is C18H23ClFN3O2. The standard InChI is InChI=1S/C18H22FN3O2.ClH/c1-3-12(2)17(20)18(23)22-11-13-4-9-16(21-10-13)24-15-7-5-14(19)6-8-15;/h4-10,12,17H,3,11,20H2,1-2H3,(H,22,23);1H. The van der Waals surface area contributed by atoms with E-state index in [4.69, 9.17) is 10.5 Å². The third kappa shape index (κ3) is 6.32. The predicted molar refractivity (Wildman–Crippen MR) is 97.2 cm³/mol. The van der Waals surface area contributed by atoms with Crippen LogP contribution in [-0.4, -0.2) is 16.9 Å². The molecule has 2 atom stereocenters. The minimum Gasteiger partial charge on any atom is -0.439 e. The van der Waals surface area contributed by atoms with Gasteiger partial charge in [0.15, 0.2) is 0 Å². The lowest BCUT2D eigenvalue weighted by molar-refractivity contribution is -0.123. The van der Waals surface area contributed by atoms with E-state index < -0.39 is 6.04 Å². The number of aromatic nitrogens is 1. The SMILES string of the molecule is CCC(C)C(N)C(=O)NCc1ccc(Oc2ccc(F)cc2)nc1.Cl. The smallest absolute Gasteiger partial charge is 0.237 e. The van der Waals surface area contributed by atoms with E-state index in [0.29, 0.717) is 18.2 Å². The molecule has 0 fully saturated rings. The molecule has 1 amide bonds. The summed E-state index contributed by atoms with van der Waals surface area (Å²) in [5, 5.41) is 2.80. The zero-order valence-corrected chi connectivity index (χ0v) is 15.1. The van der Waals surface area contributed by atoms with Crippen molar-refractivity contribution in [2.24, 2.45) is 11.7 Å². The zero-order chi connectivity index (χ0) is 17.5. The summed E-state index contributed by atoms with van der Waals surface area (Å²) in [5.41, 5.74) is 6.72. The Morgan fingerprint density at radius 1 is 1.28 bits per heavy atom. The van der Waals surface area contributed by atoms with Crippen molar-refractivity contribution >= 4 is 18.3 Å². The summed E-state index contributed by atoms with van der Waals surface area (Å²) in [4.78, 5) is 16.1. The number of carbonyl (C=O) groups excluding carboxylic acids is 1. The Balaban J connectivity index is 0.00000312. The normalized spacial score (nSPS) is 12.6. The van der Waals surface area contributed by atoms with Crippen molar-refractivity contribution in [3.63, 3.8) is 0 Å². The van der Waals surface area contributed by atoms with Crippen LogP contribution in [0.5, 0.6) is 11.6 Å². The first-order valence-electron chi connectivity index (χ1n) is 7.91. The Morgan fingerprint density at radius 3 is 2.52 bits per heavy atom. The summed E-state index contributed by atoms with van der Waals surface area (Å²) in [7, 11) is 0. The molecule has 0 radical (unpaired) electrons. The number of amides is 1. The number of pyridine rings is 1. The predicted octanol–water partition coefficient (Wildman–Crippen LogP) is 3.42. The van der Waals surface area contributed by atoms with Crippen molar-refractivity contribution < 1.29 is 13.9 Å². The average molecular weight is 368 g/mol. The number of benzene rings is 1. The zero-order valence-electron chi connectivity index (χ0n) is 14.2. The van der Waals surface area contributed by atoms with Crippen LogP contribution < -0.4 is 15.8 Å². The number of nitrogens with one attached hydrogen (secondary N) is 1. The highest BCUT2D eigenvalue weighted by molar-refractivity contribution is 5.85. The molecule has 7 heteroatoms. The van der Waals surface area contributed by atoms with Crippen LogP contribution in [-0.2, 0) is 11.3 Å². The summed E-state index contributed by atoms with van der Waals surface area (Å²) in [5.74, 6) is 0.542. The first kappa shape index (κ1) is 20.9. The lowest BCUT2D eigenvalue weighted by Gasteiger charge is -2.17. The van der Waals surface area contributed by atoms with E-state index in [2.05, 4.69) is 10.3 Å². The monoisotopic (exact) mass is 367 g/mol. The fourth-order valence-electron chi connectivity index (χ4n) is 2.02. The molecule has 2 rings (SSSR count). The van der Waals surface area contributed by atoms with Crippen LogP contribution >= 0.6 is 12.4 Å². The highest BCUT2D eigenvalue weighted by Gasteiger charge is 2.18. The molecular weight excluding hydrogens is 345 g/mol.